The predicted molar refractivity (Wildman–Crippen MR) is 89.1 cm³/mol. The number of anilines is 2. The first-order valence-electron chi connectivity index (χ1n) is 7.39. The van der Waals surface area contributed by atoms with Gasteiger partial charge in [-0.2, -0.15) is 0 Å². The van der Waals surface area contributed by atoms with Crippen LogP contribution < -0.4 is 10.6 Å². The van der Waals surface area contributed by atoms with Crippen molar-refractivity contribution in [3.05, 3.63) is 27.5 Å². The first-order valence-corrected chi connectivity index (χ1v) is 8.27. The van der Waals surface area contributed by atoms with E-state index in [0.717, 1.165) is 54.6 Å². The molecule has 0 aliphatic rings. The van der Waals surface area contributed by atoms with E-state index < -0.39 is 0 Å². The van der Waals surface area contributed by atoms with Crippen LogP contribution in [0.15, 0.2) is 5.51 Å². The Bertz CT molecular complexity index is 594. The van der Waals surface area contributed by atoms with Crippen LogP contribution in [0.1, 0.15) is 42.2 Å². The van der Waals surface area contributed by atoms with Gasteiger partial charge in [-0.3, -0.25) is 0 Å². The minimum Gasteiger partial charge on any atom is -0.370 e. The number of hydrogen-bond donors (Lipinski definition) is 2. The fourth-order valence-electron chi connectivity index (χ4n) is 1.97. The van der Waals surface area contributed by atoms with E-state index in [1.54, 1.807) is 11.3 Å². The Hall–Kier alpha value is -1.69. The molecule has 2 aromatic rings. The first-order chi connectivity index (χ1) is 10.2. The molecule has 0 aromatic carbocycles. The van der Waals surface area contributed by atoms with E-state index in [1.165, 1.54) is 4.88 Å². The van der Waals surface area contributed by atoms with Gasteiger partial charge in [0.25, 0.3) is 0 Å². The lowest BCUT2D eigenvalue weighted by atomic mass is 10.2. The Labute approximate surface area is 130 Å². The molecule has 0 fully saturated rings. The summed E-state index contributed by atoms with van der Waals surface area (Å²) in [6.07, 6.45) is 1.91. The summed E-state index contributed by atoms with van der Waals surface area (Å²) in [6.45, 7) is 9.99. The molecule has 0 spiro atoms. The van der Waals surface area contributed by atoms with E-state index in [1.807, 2.05) is 12.4 Å². The van der Waals surface area contributed by atoms with E-state index in [2.05, 4.69) is 46.4 Å². The van der Waals surface area contributed by atoms with Crippen molar-refractivity contribution in [2.75, 3.05) is 17.2 Å². The Morgan fingerprint density at radius 2 is 1.81 bits per heavy atom. The van der Waals surface area contributed by atoms with E-state index in [0.29, 0.717) is 0 Å². The van der Waals surface area contributed by atoms with Crippen LogP contribution in [-0.2, 0) is 13.0 Å². The summed E-state index contributed by atoms with van der Waals surface area (Å²) in [5.74, 6) is 2.71. The summed E-state index contributed by atoms with van der Waals surface area (Å²) < 4.78 is 0. The van der Waals surface area contributed by atoms with Crippen LogP contribution >= 0.6 is 11.3 Å². The molecule has 0 atom stereocenters. The number of thiazole rings is 1. The molecule has 114 valence electrons. The zero-order valence-corrected chi connectivity index (χ0v) is 14.0. The number of aryl methyl sites for hydroxylation is 2. The molecule has 0 unspecified atom stereocenters. The Morgan fingerprint density at radius 1 is 1.10 bits per heavy atom. The molecule has 0 saturated heterocycles. The highest BCUT2D eigenvalue weighted by molar-refractivity contribution is 7.09. The molecule has 0 saturated carbocycles. The van der Waals surface area contributed by atoms with Gasteiger partial charge in [0, 0.05) is 23.4 Å². The molecule has 0 bridgehead atoms. The van der Waals surface area contributed by atoms with Crippen molar-refractivity contribution >= 4 is 23.0 Å². The summed E-state index contributed by atoms with van der Waals surface area (Å²) >= 11 is 1.67. The summed E-state index contributed by atoms with van der Waals surface area (Å²) in [6, 6.07) is 0. The lowest BCUT2D eigenvalue weighted by Gasteiger charge is -2.14. The molecule has 2 rings (SSSR count). The molecule has 2 N–H and O–H groups in total. The Kier molecular flexibility index (Phi) is 5.50. The number of nitrogens with one attached hydrogen (secondary N) is 2. The average Bonchev–Trinajstić information content (AvgIpc) is 2.90. The summed E-state index contributed by atoms with van der Waals surface area (Å²) in [4.78, 5) is 14.7. The predicted octanol–water partition coefficient (Wildman–Crippen LogP) is 3.55. The molecular weight excluding hydrogens is 282 g/mol. The maximum absolute atomic E-state index is 4.61. The third kappa shape index (κ3) is 3.91. The molecule has 5 nitrogen and oxygen atoms in total. The lowest BCUT2D eigenvalue weighted by molar-refractivity contribution is 0.903. The maximum atomic E-state index is 4.61. The van der Waals surface area contributed by atoms with Gasteiger partial charge in [-0.25, -0.2) is 15.0 Å². The molecule has 0 amide bonds. The van der Waals surface area contributed by atoms with E-state index in [-0.39, 0.29) is 0 Å². The summed E-state index contributed by atoms with van der Waals surface area (Å²) in [7, 11) is 0. The molecule has 6 heteroatoms. The number of rotatable bonds is 7. The molecule has 21 heavy (non-hydrogen) atoms. The molecule has 2 aromatic heterocycles. The zero-order valence-electron chi connectivity index (χ0n) is 13.2. The lowest BCUT2D eigenvalue weighted by Crippen LogP contribution is -2.11. The number of nitrogens with zero attached hydrogens (tertiary/aromatic N) is 3. The second kappa shape index (κ2) is 7.36. The van der Waals surface area contributed by atoms with E-state index >= 15 is 0 Å². The third-order valence-corrected chi connectivity index (χ3v) is 4.25. The van der Waals surface area contributed by atoms with Crippen molar-refractivity contribution in [3.8, 4) is 0 Å². The van der Waals surface area contributed by atoms with Gasteiger partial charge < -0.3 is 10.6 Å². The van der Waals surface area contributed by atoms with Crippen LogP contribution in [-0.4, -0.2) is 21.5 Å². The van der Waals surface area contributed by atoms with Crippen LogP contribution in [0.5, 0.6) is 0 Å². The maximum Gasteiger partial charge on any atom is 0.135 e. The summed E-state index contributed by atoms with van der Waals surface area (Å²) in [5, 5.41) is 6.81. The van der Waals surface area contributed by atoms with E-state index in [9.17, 15) is 0 Å². The Morgan fingerprint density at radius 3 is 2.38 bits per heavy atom. The monoisotopic (exact) mass is 305 g/mol. The largest absolute Gasteiger partial charge is 0.370 e. The van der Waals surface area contributed by atoms with Crippen LogP contribution in [0, 0.1) is 13.8 Å². The van der Waals surface area contributed by atoms with Gasteiger partial charge in [-0.05, 0) is 20.3 Å². The van der Waals surface area contributed by atoms with Gasteiger partial charge in [0.1, 0.15) is 17.5 Å². The average molecular weight is 305 g/mol. The summed E-state index contributed by atoms with van der Waals surface area (Å²) in [5.41, 5.74) is 4.03. The van der Waals surface area contributed by atoms with Crippen molar-refractivity contribution in [1.82, 2.24) is 15.0 Å². The normalized spacial score (nSPS) is 10.7. The van der Waals surface area contributed by atoms with Gasteiger partial charge >= 0.3 is 0 Å². The van der Waals surface area contributed by atoms with E-state index in [4.69, 9.17) is 0 Å². The van der Waals surface area contributed by atoms with Crippen LogP contribution in [0.25, 0.3) is 0 Å². The van der Waals surface area contributed by atoms with Gasteiger partial charge in [0.15, 0.2) is 0 Å². The topological polar surface area (TPSA) is 62.7 Å². The fourth-order valence-corrected chi connectivity index (χ4v) is 2.69. The van der Waals surface area contributed by atoms with Crippen LogP contribution in [0.4, 0.5) is 11.6 Å². The zero-order chi connectivity index (χ0) is 15.2. The molecule has 0 aliphatic carbocycles. The molecular formula is C15H23N5S. The number of hydrogen-bond acceptors (Lipinski definition) is 6. The first kappa shape index (κ1) is 15.7. The number of aromatic nitrogens is 3. The second-order valence-corrected chi connectivity index (χ2v) is 5.90. The van der Waals surface area contributed by atoms with Crippen molar-refractivity contribution < 1.29 is 0 Å². The highest BCUT2D eigenvalue weighted by atomic mass is 32.1. The highest BCUT2D eigenvalue weighted by Crippen LogP contribution is 2.22. The van der Waals surface area contributed by atoms with Gasteiger partial charge in [0.2, 0.25) is 0 Å². The quantitative estimate of drug-likeness (QED) is 0.819. The third-order valence-electron chi connectivity index (χ3n) is 3.31. The van der Waals surface area contributed by atoms with Crippen molar-refractivity contribution in [2.24, 2.45) is 0 Å². The SMILES string of the molecule is CCCNc1nc(CC)nc(NCc2scnc2C)c1C. The molecule has 0 radical (unpaired) electrons. The van der Waals surface area contributed by atoms with Gasteiger partial charge in [-0.1, -0.05) is 13.8 Å². The minimum absolute atomic E-state index is 0.755. The highest BCUT2D eigenvalue weighted by Gasteiger charge is 2.10. The Balaban J connectivity index is 2.19. The van der Waals surface area contributed by atoms with Gasteiger partial charge in [0.05, 0.1) is 17.7 Å². The van der Waals surface area contributed by atoms with Crippen LogP contribution in [0.3, 0.4) is 0 Å². The molecule has 2 heterocycles. The fraction of sp³-hybridized carbons (Fsp3) is 0.533. The smallest absolute Gasteiger partial charge is 0.135 e. The molecule has 0 aliphatic heterocycles. The van der Waals surface area contributed by atoms with Crippen molar-refractivity contribution in [1.29, 1.82) is 0 Å². The van der Waals surface area contributed by atoms with Gasteiger partial charge in [-0.15, -0.1) is 11.3 Å². The standard InChI is InChI=1S/C15H23N5S/c1-5-7-16-14-10(3)15(20-13(6-2)19-14)17-8-12-11(4)18-9-21-12/h9H,5-8H2,1-4H3,(H2,16,17,19,20). The van der Waals surface area contributed by atoms with Crippen LogP contribution in [0.2, 0.25) is 0 Å². The van der Waals surface area contributed by atoms with Crippen molar-refractivity contribution in [3.63, 3.8) is 0 Å². The second-order valence-electron chi connectivity index (χ2n) is 4.96. The minimum atomic E-state index is 0.755. The van der Waals surface area contributed by atoms with Crippen molar-refractivity contribution in [2.45, 2.75) is 47.1 Å².